The van der Waals surface area contributed by atoms with Gasteiger partial charge in [0.25, 0.3) is 5.91 Å². The molecule has 8 heteroatoms. The highest BCUT2D eigenvalue weighted by atomic mass is 19.4. The number of amides is 1. The van der Waals surface area contributed by atoms with Crippen LogP contribution in [0.25, 0.3) is 0 Å². The van der Waals surface area contributed by atoms with Crippen molar-refractivity contribution < 1.29 is 32.2 Å². The Kier molecular flexibility index (Phi) is 8.16. The third-order valence-corrected chi connectivity index (χ3v) is 5.04. The number of aliphatic hydroxyl groups is 1. The molecule has 0 saturated carbocycles. The monoisotopic (exact) mass is 483 g/mol. The number of nitrogens with zero attached hydrogens (tertiary/aromatic N) is 1. The number of ether oxygens (including phenoxy) is 1. The molecule has 3 aromatic rings. The third kappa shape index (κ3) is 6.87. The fraction of sp³-hybridized carbons (Fsp3) is 0.148. The summed E-state index contributed by atoms with van der Waals surface area (Å²) < 4.78 is 54.3. The molecule has 0 aliphatic carbocycles. The first-order valence-electron chi connectivity index (χ1n) is 10.5. The van der Waals surface area contributed by atoms with Crippen LogP contribution >= 0.6 is 0 Å². The summed E-state index contributed by atoms with van der Waals surface area (Å²) >= 11 is 0. The van der Waals surface area contributed by atoms with Crippen molar-refractivity contribution in [3.05, 3.63) is 107 Å². The van der Waals surface area contributed by atoms with Gasteiger partial charge in [0.2, 0.25) is 0 Å². The second-order valence-corrected chi connectivity index (χ2v) is 7.43. The van der Waals surface area contributed by atoms with Gasteiger partial charge >= 0.3 is 6.36 Å². The quantitative estimate of drug-likeness (QED) is 0.341. The van der Waals surface area contributed by atoms with Crippen LogP contribution in [0.15, 0.2) is 90.5 Å². The van der Waals surface area contributed by atoms with Gasteiger partial charge in [-0.05, 0) is 53.6 Å². The number of carbonyl (C=O) groups is 1. The molecule has 35 heavy (non-hydrogen) atoms. The standard InChI is InChI=1S/C24H17F4NO2.C3H4O/c25-19-8-10-20(11-9-19)29-22(17-4-2-1-3-5-17)15-18(23(29)30)14-16-6-12-21(13-7-16)31-24(26,27)28;1-2-3-4/h1-13,15,22H,14H2;4H,1H3. The maximum absolute atomic E-state index is 13.4. The first-order valence-corrected chi connectivity index (χ1v) is 10.5. The van der Waals surface area contributed by atoms with Crippen LogP contribution in [0, 0.1) is 17.8 Å². The predicted molar refractivity (Wildman–Crippen MR) is 123 cm³/mol. The highest BCUT2D eigenvalue weighted by Crippen LogP contribution is 2.37. The molecule has 4 rings (SSSR count). The normalized spacial score (nSPS) is 14.9. The van der Waals surface area contributed by atoms with E-state index >= 15 is 0 Å². The first kappa shape index (κ1) is 25.4. The minimum absolute atomic E-state index is 0.240. The molecule has 0 fully saturated rings. The van der Waals surface area contributed by atoms with Crippen LogP contribution in [0.5, 0.6) is 5.75 Å². The Balaban J connectivity index is 0.000000795. The highest BCUT2D eigenvalue weighted by Gasteiger charge is 2.34. The average molecular weight is 483 g/mol. The minimum Gasteiger partial charge on any atom is -0.462 e. The number of benzene rings is 3. The van der Waals surface area contributed by atoms with E-state index < -0.39 is 12.2 Å². The van der Waals surface area contributed by atoms with E-state index in [-0.39, 0.29) is 24.1 Å². The Bertz CT molecular complexity index is 1220. The Morgan fingerprint density at radius 3 is 2.11 bits per heavy atom. The second kappa shape index (κ2) is 11.3. The summed E-state index contributed by atoms with van der Waals surface area (Å²) in [6.45, 7) is 1.57. The van der Waals surface area contributed by atoms with Crippen molar-refractivity contribution in [3.8, 4) is 17.8 Å². The number of alkyl halides is 3. The molecule has 1 aliphatic rings. The summed E-state index contributed by atoms with van der Waals surface area (Å²) in [5.74, 6) is 1.27. The average Bonchev–Trinajstić information content (AvgIpc) is 3.16. The number of halogens is 4. The molecule has 4 nitrogen and oxygen atoms in total. The van der Waals surface area contributed by atoms with Crippen LogP contribution in [-0.4, -0.2) is 17.4 Å². The minimum atomic E-state index is -4.76. The van der Waals surface area contributed by atoms with Gasteiger partial charge in [-0.3, -0.25) is 9.69 Å². The van der Waals surface area contributed by atoms with Gasteiger partial charge in [0.1, 0.15) is 17.7 Å². The van der Waals surface area contributed by atoms with E-state index in [0.717, 1.165) is 5.56 Å². The maximum Gasteiger partial charge on any atom is 0.573 e. The smallest absolute Gasteiger partial charge is 0.462 e. The molecule has 0 aromatic heterocycles. The van der Waals surface area contributed by atoms with E-state index in [1.54, 1.807) is 30.1 Å². The van der Waals surface area contributed by atoms with Crippen molar-refractivity contribution in [1.82, 2.24) is 0 Å². The molecule has 3 aromatic carbocycles. The van der Waals surface area contributed by atoms with Crippen LogP contribution in [-0.2, 0) is 11.2 Å². The topological polar surface area (TPSA) is 49.8 Å². The zero-order valence-corrected chi connectivity index (χ0v) is 18.6. The Hall–Kier alpha value is -4.25. The van der Waals surface area contributed by atoms with E-state index in [4.69, 9.17) is 5.11 Å². The van der Waals surface area contributed by atoms with Crippen molar-refractivity contribution in [3.63, 3.8) is 0 Å². The number of carbonyl (C=O) groups excluding carboxylic acids is 1. The molecule has 0 saturated heterocycles. The number of aliphatic hydroxyl groups excluding tert-OH is 1. The van der Waals surface area contributed by atoms with Crippen molar-refractivity contribution in [2.45, 2.75) is 25.7 Å². The van der Waals surface area contributed by atoms with Gasteiger partial charge in [-0.1, -0.05) is 48.4 Å². The van der Waals surface area contributed by atoms with Gasteiger partial charge in [-0.2, -0.15) is 0 Å². The second-order valence-electron chi connectivity index (χ2n) is 7.43. The van der Waals surface area contributed by atoms with Crippen LogP contribution in [0.4, 0.5) is 23.2 Å². The van der Waals surface area contributed by atoms with E-state index in [9.17, 15) is 22.4 Å². The molecular formula is C27H21F4NO3. The lowest BCUT2D eigenvalue weighted by Crippen LogP contribution is -2.29. The molecule has 1 amide bonds. The van der Waals surface area contributed by atoms with E-state index in [1.165, 1.54) is 36.4 Å². The molecule has 0 spiro atoms. The van der Waals surface area contributed by atoms with E-state index in [2.05, 4.69) is 10.7 Å². The molecule has 1 aliphatic heterocycles. The fourth-order valence-electron chi connectivity index (χ4n) is 3.56. The van der Waals surface area contributed by atoms with Gasteiger partial charge in [-0.25, -0.2) is 4.39 Å². The number of anilines is 1. The summed E-state index contributed by atoms with van der Waals surface area (Å²) in [5.41, 5.74) is 2.62. The number of rotatable bonds is 5. The van der Waals surface area contributed by atoms with Crippen LogP contribution in [0.3, 0.4) is 0 Å². The van der Waals surface area contributed by atoms with E-state index in [1.807, 2.05) is 36.4 Å². The van der Waals surface area contributed by atoms with Gasteiger partial charge in [0.05, 0.1) is 6.04 Å². The SMILES string of the molecule is CC#CO.O=C1C(Cc2ccc(OC(F)(F)F)cc2)=CC(c2ccccc2)N1c1ccc(F)cc1. The third-order valence-electron chi connectivity index (χ3n) is 5.04. The predicted octanol–water partition coefficient (Wildman–Crippen LogP) is 6.32. The van der Waals surface area contributed by atoms with Gasteiger partial charge < -0.3 is 9.84 Å². The maximum atomic E-state index is 13.4. The van der Waals surface area contributed by atoms with Crippen molar-refractivity contribution >= 4 is 11.6 Å². The van der Waals surface area contributed by atoms with E-state index in [0.29, 0.717) is 16.8 Å². The summed E-state index contributed by atoms with van der Waals surface area (Å²) in [5, 5.41) is 7.51. The summed E-state index contributed by atoms with van der Waals surface area (Å²) in [7, 11) is 0. The van der Waals surface area contributed by atoms with Crippen molar-refractivity contribution in [2.75, 3.05) is 4.90 Å². The van der Waals surface area contributed by atoms with Gasteiger partial charge in [0, 0.05) is 24.6 Å². The first-order chi connectivity index (χ1) is 16.7. The molecule has 1 heterocycles. The number of hydrogen-bond donors (Lipinski definition) is 1. The van der Waals surface area contributed by atoms with Gasteiger partial charge in [-0.15, -0.1) is 13.2 Å². The lowest BCUT2D eigenvalue weighted by Gasteiger charge is -2.25. The Morgan fingerprint density at radius 1 is 0.971 bits per heavy atom. The summed E-state index contributed by atoms with van der Waals surface area (Å²) in [6.07, 6.45) is -1.00. The number of hydrogen-bond acceptors (Lipinski definition) is 3. The van der Waals surface area contributed by atoms with Crippen LogP contribution in [0.1, 0.15) is 24.1 Å². The highest BCUT2D eigenvalue weighted by molar-refractivity contribution is 6.09. The summed E-state index contributed by atoms with van der Waals surface area (Å²) in [4.78, 5) is 14.8. The molecule has 180 valence electrons. The summed E-state index contributed by atoms with van der Waals surface area (Å²) in [6, 6.07) is 20.1. The van der Waals surface area contributed by atoms with Gasteiger partial charge in [0.15, 0.2) is 0 Å². The molecule has 1 unspecified atom stereocenters. The lowest BCUT2D eigenvalue weighted by molar-refractivity contribution is -0.274. The zero-order valence-electron chi connectivity index (χ0n) is 18.6. The lowest BCUT2D eigenvalue weighted by atomic mass is 10.0. The van der Waals surface area contributed by atoms with Crippen molar-refractivity contribution in [2.24, 2.45) is 0 Å². The molecule has 0 radical (unpaired) electrons. The largest absolute Gasteiger partial charge is 0.573 e. The Labute approximate surface area is 200 Å². The molecule has 1 atom stereocenters. The molecule has 0 bridgehead atoms. The Morgan fingerprint density at radius 2 is 1.57 bits per heavy atom. The van der Waals surface area contributed by atoms with Crippen molar-refractivity contribution in [1.29, 1.82) is 0 Å². The zero-order chi connectivity index (χ0) is 25.4. The molecular weight excluding hydrogens is 462 g/mol. The molecule has 1 N–H and O–H groups in total. The van der Waals surface area contributed by atoms with Crippen LogP contribution in [0.2, 0.25) is 0 Å². The fourth-order valence-corrected chi connectivity index (χ4v) is 3.56. The van der Waals surface area contributed by atoms with Crippen LogP contribution < -0.4 is 9.64 Å².